The lowest BCUT2D eigenvalue weighted by atomic mass is 9.96. The number of rotatable bonds is 5. The summed E-state index contributed by atoms with van der Waals surface area (Å²) in [4.78, 5) is 52.3. The van der Waals surface area contributed by atoms with Crippen molar-refractivity contribution < 1.29 is 14.0 Å². The number of H-pyrrole nitrogens is 1. The lowest BCUT2D eigenvalue weighted by Crippen LogP contribution is -2.38. The third-order valence-electron chi connectivity index (χ3n) is 6.48. The number of carbonyl (C=O) groups excluding carboxylic acids is 2. The SMILES string of the molecule is O=C(C1=CNN(C(=O)c2cccc(Cn3c(=O)[nH]c(=O)c4c(F)cccc43)c2)C=C1)C1CCCC1. The number of nitrogens with one attached hydrogen (secondary N) is 2. The minimum atomic E-state index is -0.787. The van der Waals surface area contributed by atoms with Crippen molar-refractivity contribution in [2.24, 2.45) is 5.92 Å². The van der Waals surface area contributed by atoms with Gasteiger partial charge in [-0.2, -0.15) is 0 Å². The molecule has 1 saturated carbocycles. The van der Waals surface area contributed by atoms with E-state index in [4.69, 9.17) is 0 Å². The lowest BCUT2D eigenvalue weighted by molar-refractivity contribution is -0.118. The number of benzene rings is 2. The zero-order chi connectivity index (χ0) is 24.5. The second kappa shape index (κ2) is 9.17. The molecule has 0 bridgehead atoms. The zero-order valence-corrected chi connectivity index (χ0v) is 18.8. The molecule has 0 radical (unpaired) electrons. The van der Waals surface area contributed by atoms with Gasteiger partial charge in [-0.15, -0.1) is 0 Å². The smallest absolute Gasteiger partial charge is 0.298 e. The quantitative estimate of drug-likeness (QED) is 0.592. The number of amides is 1. The van der Waals surface area contributed by atoms with E-state index < -0.39 is 17.1 Å². The van der Waals surface area contributed by atoms with E-state index in [1.165, 1.54) is 27.9 Å². The molecule has 1 aromatic heterocycles. The summed E-state index contributed by atoms with van der Waals surface area (Å²) in [6.45, 7) is 0.0277. The number of fused-ring (bicyclic) bond motifs is 1. The van der Waals surface area contributed by atoms with Gasteiger partial charge in [0.1, 0.15) is 5.82 Å². The minimum Gasteiger partial charge on any atom is -0.298 e. The van der Waals surface area contributed by atoms with Crippen LogP contribution in [0, 0.1) is 11.7 Å². The van der Waals surface area contributed by atoms with Crippen molar-refractivity contribution >= 4 is 22.6 Å². The molecule has 35 heavy (non-hydrogen) atoms. The summed E-state index contributed by atoms with van der Waals surface area (Å²) in [5.41, 5.74) is 3.09. The van der Waals surface area contributed by atoms with Gasteiger partial charge in [0, 0.05) is 29.5 Å². The molecule has 1 amide bonds. The highest BCUT2D eigenvalue weighted by Gasteiger charge is 2.26. The van der Waals surface area contributed by atoms with Gasteiger partial charge >= 0.3 is 5.69 Å². The fourth-order valence-corrected chi connectivity index (χ4v) is 4.67. The summed E-state index contributed by atoms with van der Waals surface area (Å²) in [5, 5.41) is 1.08. The Kier molecular flexibility index (Phi) is 5.90. The molecule has 0 unspecified atom stereocenters. The number of carbonyl (C=O) groups is 2. The molecule has 2 heterocycles. The Bertz CT molecular complexity index is 1510. The number of aromatic nitrogens is 2. The van der Waals surface area contributed by atoms with Crippen LogP contribution in [0.4, 0.5) is 4.39 Å². The third kappa shape index (κ3) is 4.32. The average Bonchev–Trinajstić information content (AvgIpc) is 3.41. The van der Waals surface area contributed by atoms with Crippen LogP contribution < -0.4 is 16.7 Å². The van der Waals surface area contributed by atoms with E-state index in [0.717, 1.165) is 31.7 Å². The number of nitrogens with zero attached hydrogens (tertiary/aromatic N) is 2. The van der Waals surface area contributed by atoms with E-state index in [-0.39, 0.29) is 35.1 Å². The van der Waals surface area contributed by atoms with Crippen molar-refractivity contribution in [2.75, 3.05) is 0 Å². The molecule has 2 aliphatic rings. The Morgan fingerprint density at radius 2 is 1.83 bits per heavy atom. The molecular weight excluding hydrogens is 451 g/mol. The highest BCUT2D eigenvalue weighted by Crippen LogP contribution is 2.28. The molecule has 2 N–H and O–H groups in total. The summed E-state index contributed by atoms with van der Waals surface area (Å²) in [7, 11) is 0. The molecule has 1 fully saturated rings. The number of hydrogen-bond acceptors (Lipinski definition) is 5. The first-order chi connectivity index (χ1) is 16.9. The Labute approximate surface area is 199 Å². The Hall–Kier alpha value is -4.27. The van der Waals surface area contributed by atoms with E-state index in [1.807, 2.05) is 0 Å². The fraction of sp³-hybridized carbons (Fsp3) is 0.231. The van der Waals surface area contributed by atoms with Crippen LogP contribution >= 0.6 is 0 Å². The highest BCUT2D eigenvalue weighted by atomic mass is 19.1. The van der Waals surface area contributed by atoms with Crippen molar-refractivity contribution in [3.63, 3.8) is 0 Å². The number of aromatic amines is 1. The molecule has 8 nitrogen and oxygen atoms in total. The van der Waals surface area contributed by atoms with Gasteiger partial charge in [-0.25, -0.2) is 14.2 Å². The number of halogens is 1. The fourth-order valence-electron chi connectivity index (χ4n) is 4.67. The van der Waals surface area contributed by atoms with Crippen LogP contribution in [0.25, 0.3) is 10.9 Å². The first kappa shape index (κ1) is 22.5. The van der Waals surface area contributed by atoms with Crippen molar-refractivity contribution in [3.8, 4) is 0 Å². The summed E-state index contributed by atoms with van der Waals surface area (Å²) in [5.74, 6) is -0.928. The highest BCUT2D eigenvalue weighted by molar-refractivity contribution is 6.01. The number of allylic oxidation sites excluding steroid dienone is 2. The molecule has 5 rings (SSSR count). The summed E-state index contributed by atoms with van der Waals surface area (Å²) in [6.07, 6.45) is 8.65. The van der Waals surface area contributed by atoms with Gasteiger partial charge in [-0.05, 0) is 48.7 Å². The molecule has 178 valence electrons. The predicted molar refractivity (Wildman–Crippen MR) is 128 cm³/mol. The summed E-state index contributed by atoms with van der Waals surface area (Å²) >= 11 is 0. The maximum Gasteiger partial charge on any atom is 0.329 e. The molecular formula is C26H23FN4O4. The van der Waals surface area contributed by atoms with Crippen LogP contribution in [0.2, 0.25) is 0 Å². The van der Waals surface area contributed by atoms with Gasteiger partial charge in [0.05, 0.1) is 17.4 Å². The van der Waals surface area contributed by atoms with E-state index in [2.05, 4.69) is 10.4 Å². The molecule has 1 aliphatic carbocycles. The van der Waals surface area contributed by atoms with Crippen LogP contribution in [0.1, 0.15) is 41.6 Å². The van der Waals surface area contributed by atoms with Gasteiger partial charge in [0.15, 0.2) is 5.78 Å². The van der Waals surface area contributed by atoms with Gasteiger partial charge in [0.25, 0.3) is 11.5 Å². The van der Waals surface area contributed by atoms with Crippen molar-refractivity contribution in [1.82, 2.24) is 20.0 Å². The summed E-state index contributed by atoms with van der Waals surface area (Å²) in [6, 6.07) is 10.8. The van der Waals surface area contributed by atoms with E-state index in [1.54, 1.807) is 36.5 Å². The van der Waals surface area contributed by atoms with Gasteiger partial charge in [-0.1, -0.05) is 31.0 Å². The van der Waals surface area contributed by atoms with Gasteiger partial charge < -0.3 is 0 Å². The first-order valence-corrected chi connectivity index (χ1v) is 11.4. The normalized spacial score (nSPS) is 15.8. The second-order valence-electron chi connectivity index (χ2n) is 8.75. The average molecular weight is 474 g/mol. The van der Waals surface area contributed by atoms with Crippen molar-refractivity contribution in [3.05, 3.63) is 104 Å². The summed E-state index contributed by atoms with van der Waals surface area (Å²) < 4.78 is 15.5. The standard InChI is InChI=1S/C26H23FN4O4/c27-20-9-4-10-21-22(20)24(33)29-26(35)30(21)15-16-5-3-8-18(13-16)25(34)31-12-11-19(14-28-31)23(32)17-6-1-2-7-17/h3-5,8-14,17,28H,1-2,6-7,15H2,(H,29,33,35). The maximum absolute atomic E-state index is 14.2. The number of Topliss-reactive ketones (excluding diaryl/α,β-unsaturated/α-hetero) is 1. The second-order valence-corrected chi connectivity index (χ2v) is 8.75. The molecule has 0 atom stereocenters. The van der Waals surface area contributed by atoms with Crippen molar-refractivity contribution in [1.29, 1.82) is 0 Å². The Morgan fingerprint density at radius 1 is 1.06 bits per heavy atom. The van der Waals surface area contributed by atoms with Gasteiger partial charge in [0.2, 0.25) is 0 Å². The topological polar surface area (TPSA) is 104 Å². The van der Waals surface area contributed by atoms with Crippen LogP contribution in [0.5, 0.6) is 0 Å². The lowest BCUT2D eigenvalue weighted by Gasteiger charge is -2.23. The monoisotopic (exact) mass is 474 g/mol. The van der Waals surface area contributed by atoms with Crippen LogP contribution in [-0.2, 0) is 11.3 Å². The number of hydrazine groups is 1. The molecule has 0 saturated heterocycles. The molecule has 1 aliphatic heterocycles. The molecule has 0 spiro atoms. The Morgan fingerprint density at radius 3 is 2.57 bits per heavy atom. The molecule has 9 heteroatoms. The largest absolute Gasteiger partial charge is 0.329 e. The minimum absolute atomic E-state index is 0.0277. The van der Waals surface area contributed by atoms with E-state index >= 15 is 0 Å². The predicted octanol–water partition coefficient (Wildman–Crippen LogP) is 2.99. The van der Waals surface area contributed by atoms with Gasteiger partial charge in [-0.3, -0.25) is 29.4 Å². The number of ketones is 1. The van der Waals surface area contributed by atoms with Crippen molar-refractivity contribution in [2.45, 2.75) is 32.2 Å². The maximum atomic E-state index is 14.2. The Balaban J connectivity index is 1.36. The number of hydrogen-bond donors (Lipinski definition) is 2. The van der Waals surface area contributed by atoms with Crippen LogP contribution in [0.3, 0.4) is 0 Å². The molecule has 3 aromatic rings. The van der Waals surface area contributed by atoms with Crippen LogP contribution in [0.15, 0.2) is 76.1 Å². The zero-order valence-electron chi connectivity index (χ0n) is 18.8. The first-order valence-electron chi connectivity index (χ1n) is 11.4. The van der Waals surface area contributed by atoms with Crippen LogP contribution in [-0.4, -0.2) is 26.3 Å². The third-order valence-corrected chi connectivity index (χ3v) is 6.48. The van der Waals surface area contributed by atoms with E-state index in [0.29, 0.717) is 16.7 Å². The van der Waals surface area contributed by atoms with E-state index in [9.17, 15) is 23.6 Å². The molecule has 2 aromatic carbocycles.